The number of carbonyl (C=O) groups is 3. The minimum Gasteiger partial charge on any atom is -0.494 e. The van der Waals surface area contributed by atoms with Gasteiger partial charge in [0.1, 0.15) is 11.3 Å². The first-order valence-electron chi connectivity index (χ1n) is 9.87. The second-order valence-electron chi connectivity index (χ2n) is 8.21. The normalized spacial score (nSPS) is 21.2. The third-order valence-electron chi connectivity index (χ3n) is 5.45. The summed E-state index contributed by atoms with van der Waals surface area (Å²) in [7, 11) is 0. The summed E-state index contributed by atoms with van der Waals surface area (Å²) in [4.78, 5) is 39.5. The van der Waals surface area contributed by atoms with Gasteiger partial charge in [0.25, 0.3) is 5.91 Å². The Kier molecular flexibility index (Phi) is 5.91. The van der Waals surface area contributed by atoms with Crippen molar-refractivity contribution < 1.29 is 19.1 Å². The predicted octanol–water partition coefficient (Wildman–Crippen LogP) is 2.33. The molecular formula is C21H29N3O4. The summed E-state index contributed by atoms with van der Waals surface area (Å²) in [6, 6.07) is 7.57. The van der Waals surface area contributed by atoms with E-state index in [0.717, 1.165) is 30.0 Å². The van der Waals surface area contributed by atoms with Crippen LogP contribution >= 0.6 is 0 Å². The Morgan fingerprint density at radius 3 is 2.61 bits per heavy atom. The van der Waals surface area contributed by atoms with Crippen LogP contribution in [0.4, 0.5) is 4.79 Å². The van der Waals surface area contributed by atoms with E-state index in [-0.39, 0.29) is 24.8 Å². The lowest BCUT2D eigenvalue weighted by Crippen LogP contribution is -2.41. The largest absolute Gasteiger partial charge is 0.494 e. The molecule has 2 heterocycles. The lowest BCUT2D eigenvalue weighted by Gasteiger charge is -2.19. The lowest BCUT2D eigenvalue weighted by atomic mass is 10.1. The van der Waals surface area contributed by atoms with Crippen molar-refractivity contribution in [2.24, 2.45) is 5.92 Å². The van der Waals surface area contributed by atoms with Crippen LogP contribution in [0.2, 0.25) is 0 Å². The van der Waals surface area contributed by atoms with Gasteiger partial charge in [0.2, 0.25) is 5.91 Å². The number of nitrogens with one attached hydrogen (secondary N) is 1. The average Bonchev–Trinajstić information content (AvgIpc) is 3.18. The smallest absolute Gasteiger partial charge is 0.325 e. The predicted molar refractivity (Wildman–Crippen MR) is 105 cm³/mol. The number of urea groups is 1. The van der Waals surface area contributed by atoms with E-state index in [1.165, 1.54) is 5.56 Å². The van der Waals surface area contributed by atoms with Gasteiger partial charge in [-0.25, -0.2) is 4.79 Å². The van der Waals surface area contributed by atoms with Crippen LogP contribution in [0.25, 0.3) is 0 Å². The van der Waals surface area contributed by atoms with Crippen molar-refractivity contribution in [3.63, 3.8) is 0 Å². The zero-order valence-electron chi connectivity index (χ0n) is 16.9. The summed E-state index contributed by atoms with van der Waals surface area (Å²) in [5.41, 5.74) is 0.310. The molecule has 28 heavy (non-hydrogen) atoms. The molecule has 1 aromatic carbocycles. The fraction of sp³-hybridized carbons (Fsp3) is 0.571. The van der Waals surface area contributed by atoms with Crippen molar-refractivity contribution in [2.75, 3.05) is 26.2 Å². The molecule has 1 aromatic rings. The maximum Gasteiger partial charge on any atom is 0.325 e. The van der Waals surface area contributed by atoms with Crippen LogP contribution in [0.3, 0.4) is 0 Å². The Bertz CT molecular complexity index is 745. The Hall–Kier alpha value is -2.57. The van der Waals surface area contributed by atoms with Crippen molar-refractivity contribution in [1.29, 1.82) is 0 Å². The third kappa shape index (κ3) is 4.64. The highest BCUT2D eigenvalue weighted by atomic mass is 16.5. The number of nitrogens with zero attached hydrogens (tertiary/aromatic N) is 2. The van der Waals surface area contributed by atoms with Crippen LogP contribution in [-0.2, 0) is 9.59 Å². The molecule has 2 aliphatic rings. The highest BCUT2D eigenvalue weighted by molar-refractivity contribution is 6.06. The molecule has 3 rings (SSSR count). The van der Waals surface area contributed by atoms with E-state index in [1.807, 2.05) is 36.1 Å². The van der Waals surface area contributed by atoms with E-state index in [1.54, 1.807) is 13.8 Å². The molecule has 2 saturated heterocycles. The highest BCUT2D eigenvalue weighted by Crippen LogP contribution is 2.22. The SMILES string of the molecule is Cc1ccc(OCCC2CCN(C(=O)CCN3C(=O)NC(C)(C)C3=O)C2)cc1. The van der Waals surface area contributed by atoms with Crippen molar-refractivity contribution >= 4 is 17.8 Å². The number of likely N-dealkylation sites (tertiary alicyclic amines) is 1. The molecule has 0 aromatic heterocycles. The number of hydrogen-bond donors (Lipinski definition) is 1. The number of carbonyl (C=O) groups excluding carboxylic acids is 3. The van der Waals surface area contributed by atoms with E-state index >= 15 is 0 Å². The standard InChI is InChI=1S/C21H29N3O4/c1-15-4-6-17(7-5-15)28-13-10-16-8-11-23(14-16)18(25)9-12-24-19(26)21(2,3)22-20(24)27/h4-7,16H,8-14H2,1-3H3,(H,22,27). The van der Waals surface area contributed by atoms with Gasteiger partial charge < -0.3 is 15.0 Å². The molecule has 0 spiro atoms. The van der Waals surface area contributed by atoms with Gasteiger partial charge in [0.05, 0.1) is 6.61 Å². The first kappa shape index (κ1) is 20.2. The minimum atomic E-state index is -0.893. The van der Waals surface area contributed by atoms with Gasteiger partial charge in [-0.3, -0.25) is 14.5 Å². The number of rotatable bonds is 7. The maximum absolute atomic E-state index is 12.5. The van der Waals surface area contributed by atoms with E-state index < -0.39 is 11.6 Å². The molecular weight excluding hydrogens is 358 g/mol. The quantitative estimate of drug-likeness (QED) is 0.729. The lowest BCUT2D eigenvalue weighted by molar-refractivity contribution is -0.132. The van der Waals surface area contributed by atoms with E-state index in [0.29, 0.717) is 19.1 Å². The Labute approximate surface area is 166 Å². The minimum absolute atomic E-state index is 0.00717. The average molecular weight is 387 g/mol. The Morgan fingerprint density at radius 1 is 1.25 bits per heavy atom. The number of aryl methyl sites for hydroxylation is 1. The van der Waals surface area contributed by atoms with Crippen LogP contribution in [0.15, 0.2) is 24.3 Å². The first-order chi connectivity index (χ1) is 13.3. The van der Waals surface area contributed by atoms with Crippen molar-refractivity contribution in [3.8, 4) is 5.75 Å². The summed E-state index contributed by atoms with van der Waals surface area (Å²) in [5, 5.41) is 2.63. The third-order valence-corrected chi connectivity index (χ3v) is 5.45. The summed E-state index contributed by atoms with van der Waals surface area (Å²) in [5.74, 6) is 1.00. The molecule has 2 aliphatic heterocycles. The molecule has 7 heteroatoms. The van der Waals surface area contributed by atoms with Crippen LogP contribution < -0.4 is 10.1 Å². The highest BCUT2D eigenvalue weighted by Gasteiger charge is 2.44. The summed E-state index contributed by atoms with van der Waals surface area (Å²) in [6.07, 6.45) is 2.03. The maximum atomic E-state index is 12.5. The van der Waals surface area contributed by atoms with Crippen LogP contribution in [0, 0.1) is 12.8 Å². The van der Waals surface area contributed by atoms with Gasteiger partial charge >= 0.3 is 6.03 Å². The number of amides is 4. The van der Waals surface area contributed by atoms with Gasteiger partial charge in [0.15, 0.2) is 0 Å². The molecule has 4 amide bonds. The molecule has 0 aliphatic carbocycles. The van der Waals surface area contributed by atoms with Crippen molar-refractivity contribution in [3.05, 3.63) is 29.8 Å². The molecule has 1 atom stereocenters. The van der Waals surface area contributed by atoms with E-state index in [9.17, 15) is 14.4 Å². The molecule has 7 nitrogen and oxygen atoms in total. The monoisotopic (exact) mass is 387 g/mol. The van der Waals surface area contributed by atoms with Crippen LogP contribution in [0.5, 0.6) is 5.75 Å². The summed E-state index contributed by atoms with van der Waals surface area (Å²) >= 11 is 0. The molecule has 0 bridgehead atoms. The van der Waals surface area contributed by atoms with Crippen molar-refractivity contribution in [2.45, 2.75) is 45.6 Å². The molecule has 0 radical (unpaired) electrons. The first-order valence-corrected chi connectivity index (χ1v) is 9.87. The number of imide groups is 1. The number of benzene rings is 1. The van der Waals surface area contributed by atoms with Gasteiger partial charge in [-0.15, -0.1) is 0 Å². The molecule has 2 fully saturated rings. The Morgan fingerprint density at radius 2 is 1.96 bits per heavy atom. The second-order valence-corrected chi connectivity index (χ2v) is 8.21. The molecule has 1 unspecified atom stereocenters. The number of hydrogen-bond acceptors (Lipinski definition) is 4. The van der Waals surface area contributed by atoms with Crippen LogP contribution in [0.1, 0.15) is 38.7 Å². The van der Waals surface area contributed by atoms with E-state index in [2.05, 4.69) is 5.32 Å². The zero-order chi connectivity index (χ0) is 20.3. The second kappa shape index (κ2) is 8.20. The zero-order valence-corrected chi connectivity index (χ0v) is 16.9. The van der Waals surface area contributed by atoms with Gasteiger partial charge in [-0.1, -0.05) is 17.7 Å². The fourth-order valence-electron chi connectivity index (χ4n) is 3.66. The summed E-state index contributed by atoms with van der Waals surface area (Å²) in [6.45, 7) is 7.57. The molecule has 0 saturated carbocycles. The van der Waals surface area contributed by atoms with Gasteiger partial charge in [-0.05, 0) is 51.7 Å². The molecule has 1 N–H and O–H groups in total. The molecule has 152 valence electrons. The van der Waals surface area contributed by atoms with Gasteiger partial charge in [-0.2, -0.15) is 0 Å². The van der Waals surface area contributed by atoms with E-state index in [4.69, 9.17) is 4.74 Å². The van der Waals surface area contributed by atoms with Crippen molar-refractivity contribution in [1.82, 2.24) is 15.1 Å². The van der Waals surface area contributed by atoms with Crippen LogP contribution in [-0.4, -0.2) is 59.4 Å². The van der Waals surface area contributed by atoms with Gasteiger partial charge in [0, 0.05) is 26.1 Å². The fourth-order valence-corrected chi connectivity index (χ4v) is 3.66. The Balaban J connectivity index is 1.39. The number of ether oxygens (including phenoxy) is 1. The summed E-state index contributed by atoms with van der Waals surface area (Å²) < 4.78 is 5.78. The topological polar surface area (TPSA) is 79.0 Å².